The van der Waals surface area contributed by atoms with E-state index in [4.69, 9.17) is 0 Å². The maximum Gasteiger partial charge on any atom is 0.293 e. The molecule has 1 aromatic rings. The quantitative estimate of drug-likeness (QED) is 0.429. The van der Waals surface area contributed by atoms with Gasteiger partial charge in [-0.05, 0) is 0 Å². The highest BCUT2D eigenvalue weighted by atomic mass is 16.5. The normalized spacial score (nSPS) is 9.20. The number of carbonyl (C=O) groups excluding carboxylic acids is 1. The number of hydrogen-bond acceptors (Lipinski definition) is 5. The van der Waals surface area contributed by atoms with Gasteiger partial charge in [-0.1, -0.05) is 0 Å². The first-order chi connectivity index (χ1) is 4.93. The van der Waals surface area contributed by atoms with Gasteiger partial charge in [0.15, 0.2) is 5.76 Å². The average Bonchev–Trinajstić information content (AvgIpc) is 2.41. The molecule has 54 valence electrons. The summed E-state index contributed by atoms with van der Waals surface area (Å²) in [5.41, 5.74) is 0. The van der Waals surface area contributed by atoms with Crippen LogP contribution in [0.1, 0.15) is 5.76 Å². The maximum atomic E-state index is 9.65. The van der Waals surface area contributed by atoms with Gasteiger partial charge in [0.1, 0.15) is 0 Å². The summed E-state index contributed by atoms with van der Waals surface area (Å²) in [7, 11) is 0. The molecule has 0 aromatic carbocycles. The van der Waals surface area contributed by atoms with Gasteiger partial charge in [0.05, 0.1) is 12.8 Å². The third-order valence-corrected chi connectivity index (χ3v) is 0.941. The Morgan fingerprint density at radius 3 is 3.30 bits per heavy atom. The monoisotopic (exact) mass is 142 g/mol. The van der Waals surface area contributed by atoms with Crippen molar-refractivity contribution in [2.24, 2.45) is 0 Å². The number of nitrogens with zero attached hydrogens (tertiary/aromatic N) is 2. The van der Waals surface area contributed by atoms with Crippen LogP contribution in [0.5, 0.6) is 0 Å². The minimum absolute atomic E-state index is 0.306. The van der Waals surface area contributed by atoms with E-state index in [2.05, 4.69) is 19.6 Å². The molecule has 0 atom stereocenters. The molecule has 1 rings (SSSR count). The Labute approximate surface area is 57.0 Å². The molecule has 0 N–H and O–H groups in total. The van der Waals surface area contributed by atoms with Gasteiger partial charge in [-0.3, -0.25) is 4.79 Å². The molecule has 0 radical (unpaired) electrons. The molecular formula is C5H6N2O3. The lowest BCUT2D eigenvalue weighted by atomic mass is 10.4. The number of aromatic nitrogens is 2. The number of ether oxygens (including phenoxy) is 1. The highest BCUT2D eigenvalue weighted by Gasteiger charge is 1.96. The van der Waals surface area contributed by atoms with Gasteiger partial charge in [-0.15, -0.1) is 5.10 Å². The predicted molar refractivity (Wildman–Crippen MR) is 30.0 cm³/mol. The van der Waals surface area contributed by atoms with Crippen LogP contribution in [0.2, 0.25) is 0 Å². The first-order valence-corrected chi connectivity index (χ1v) is 2.75. The smallest absolute Gasteiger partial charge is 0.293 e. The molecule has 0 fully saturated rings. The van der Waals surface area contributed by atoms with Crippen molar-refractivity contribution in [3.8, 4) is 0 Å². The summed E-state index contributed by atoms with van der Waals surface area (Å²) in [6, 6.07) is 0. The Balaban J connectivity index is 2.21. The van der Waals surface area contributed by atoms with Crippen molar-refractivity contribution >= 4 is 6.47 Å². The zero-order valence-corrected chi connectivity index (χ0v) is 5.19. The molecule has 0 aliphatic rings. The fourth-order valence-electron chi connectivity index (χ4n) is 0.505. The third-order valence-electron chi connectivity index (χ3n) is 0.941. The summed E-state index contributed by atoms with van der Waals surface area (Å²) in [6.07, 6.45) is 2.00. The summed E-state index contributed by atoms with van der Waals surface area (Å²) in [5, 5.41) is 6.67. The Hall–Kier alpha value is -1.39. The first kappa shape index (κ1) is 6.73. The standard InChI is InChI=1S/C5H6N2O3/c8-4-9-2-1-5-3-6-7-10-5/h3-4H,1-2H2. The fourth-order valence-corrected chi connectivity index (χ4v) is 0.505. The molecule has 1 heterocycles. The van der Waals surface area contributed by atoms with E-state index in [1.807, 2.05) is 0 Å². The van der Waals surface area contributed by atoms with Crippen molar-refractivity contribution in [3.05, 3.63) is 12.0 Å². The fraction of sp³-hybridized carbons (Fsp3) is 0.400. The van der Waals surface area contributed by atoms with Crippen molar-refractivity contribution in [1.29, 1.82) is 0 Å². The first-order valence-electron chi connectivity index (χ1n) is 2.75. The molecule has 0 spiro atoms. The van der Waals surface area contributed by atoms with Gasteiger partial charge in [0.2, 0.25) is 0 Å². The largest absolute Gasteiger partial charge is 0.467 e. The molecular weight excluding hydrogens is 136 g/mol. The van der Waals surface area contributed by atoms with Crippen LogP contribution in [-0.2, 0) is 16.0 Å². The summed E-state index contributed by atoms with van der Waals surface area (Å²) in [6.45, 7) is 0.699. The number of rotatable bonds is 4. The van der Waals surface area contributed by atoms with Crippen LogP contribution in [0, 0.1) is 0 Å². The van der Waals surface area contributed by atoms with Crippen LogP contribution >= 0.6 is 0 Å². The lowest BCUT2D eigenvalue weighted by molar-refractivity contribution is -0.128. The van der Waals surface area contributed by atoms with Crippen LogP contribution in [-0.4, -0.2) is 23.4 Å². The van der Waals surface area contributed by atoms with E-state index < -0.39 is 0 Å². The number of carbonyl (C=O) groups is 1. The van der Waals surface area contributed by atoms with E-state index in [0.29, 0.717) is 25.3 Å². The second kappa shape index (κ2) is 3.60. The molecule has 0 aliphatic carbocycles. The Bertz CT molecular complexity index is 185. The van der Waals surface area contributed by atoms with E-state index in [-0.39, 0.29) is 0 Å². The highest BCUT2D eigenvalue weighted by molar-refractivity contribution is 5.36. The van der Waals surface area contributed by atoms with Crippen LogP contribution in [0.4, 0.5) is 0 Å². The van der Waals surface area contributed by atoms with Crippen molar-refractivity contribution < 1.29 is 14.1 Å². The summed E-state index contributed by atoms with van der Waals surface area (Å²) < 4.78 is 9.03. The maximum absolute atomic E-state index is 9.65. The van der Waals surface area contributed by atoms with Gasteiger partial charge >= 0.3 is 0 Å². The molecule has 0 saturated carbocycles. The highest BCUT2D eigenvalue weighted by Crippen LogP contribution is 1.93. The second-order valence-electron chi connectivity index (χ2n) is 1.60. The zero-order chi connectivity index (χ0) is 7.23. The topological polar surface area (TPSA) is 65.2 Å². The predicted octanol–water partition coefficient (Wildman–Crippen LogP) is -0.215. The number of hydrogen-bond donors (Lipinski definition) is 0. The summed E-state index contributed by atoms with van der Waals surface area (Å²) >= 11 is 0. The van der Waals surface area contributed by atoms with E-state index in [0.717, 1.165) is 0 Å². The second-order valence-corrected chi connectivity index (χ2v) is 1.60. The molecule has 0 bridgehead atoms. The van der Waals surface area contributed by atoms with E-state index in [9.17, 15) is 4.79 Å². The molecule has 0 saturated heterocycles. The molecule has 0 amide bonds. The van der Waals surface area contributed by atoms with Crippen LogP contribution in [0.15, 0.2) is 10.7 Å². The van der Waals surface area contributed by atoms with E-state index in [1.54, 1.807) is 0 Å². The van der Waals surface area contributed by atoms with Gasteiger partial charge in [0, 0.05) is 11.7 Å². The minimum Gasteiger partial charge on any atom is -0.467 e. The molecule has 5 heteroatoms. The van der Waals surface area contributed by atoms with E-state index in [1.165, 1.54) is 6.20 Å². The Kier molecular flexibility index (Phi) is 2.42. The van der Waals surface area contributed by atoms with Crippen LogP contribution in [0.3, 0.4) is 0 Å². The van der Waals surface area contributed by atoms with Crippen molar-refractivity contribution in [3.63, 3.8) is 0 Å². The van der Waals surface area contributed by atoms with Gasteiger partial charge in [0.25, 0.3) is 6.47 Å². The molecule has 1 aromatic heterocycles. The van der Waals surface area contributed by atoms with E-state index >= 15 is 0 Å². The van der Waals surface area contributed by atoms with Crippen LogP contribution < -0.4 is 0 Å². The Morgan fingerprint density at radius 2 is 2.70 bits per heavy atom. The Morgan fingerprint density at radius 1 is 1.80 bits per heavy atom. The average molecular weight is 142 g/mol. The minimum atomic E-state index is 0.306. The molecule has 0 aliphatic heterocycles. The molecule has 0 unspecified atom stereocenters. The summed E-state index contributed by atoms with van der Waals surface area (Å²) in [5.74, 6) is 0.613. The van der Waals surface area contributed by atoms with Crippen LogP contribution in [0.25, 0.3) is 0 Å². The van der Waals surface area contributed by atoms with Crippen molar-refractivity contribution in [2.45, 2.75) is 6.42 Å². The lowest BCUT2D eigenvalue weighted by Crippen LogP contribution is -1.94. The SMILES string of the molecule is O=COCCc1cnno1. The zero-order valence-electron chi connectivity index (χ0n) is 5.19. The van der Waals surface area contributed by atoms with Crippen molar-refractivity contribution in [2.75, 3.05) is 6.61 Å². The third kappa shape index (κ3) is 1.85. The summed E-state index contributed by atoms with van der Waals surface area (Å²) in [4.78, 5) is 9.65. The van der Waals surface area contributed by atoms with Crippen molar-refractivity contribution in [1.82, 2.24) is 10.4 Å². The van der Waals surface area contributed by atoms with Gasteiger partial charge in [-0.2, -0.15) is 0 Å². The molecule has 10 heavy (non-hydrogen) atoms. The van der Waals surface area contributed by atoms with Gasteiger partial charge in [-0.25, -0.2) is 0 Å². The molecule has 5 nitrogen and oxygen atoms in total. The lowest BCUT2D eigenvalue weighted by Gasteiger charge is -1.91. The van der Waals surface area contributed by atoms with Gasteiger partial charge < -0.3 is 9.26 Å².